The van der Waals surface area contributed by atoms with E-state index in [0.717, 1.165) is 31.5 Å². The van der Waals surface area contributed by atoms with Gasteiger partial charge in [-0.25, -0.2) is 0 Å². The summed E-state index contributed by atoms with van der Waals surface area (Å²) in [7, 11) is 0. The van der Waals surface area contributed by atoms with E-state index in [1.807, 2.05) is 10.7 Å². The lowest BCUT2D eigenvalue weighted by atomic mass is 10.1. The summed E-state index contributed by atoms with van der Waals surface area (Å²) in [6.07, 6.45) is 4.27. The molecule has 74 valence electrons. The molecule has 3 heteroatoms. The average Bonchev–Trinajstić information content (AvgIpc) is 2.54. The summed E-state index contributed by atoms with van der Waals surface area (Å²) in [4.78, 5) is 0. The van der Waals surface area contributed by atoms with Crippen LogP contribution in [0, 0.1) is 0 Å². The third-order valence-corrected chi connectivity index (χ3v) is 2.09. The normalized spacial score (nSPS) is 13.2. The Morgan fingerprint density at radius 2 is 2.23 bits per heavy atom. The highest BCUT2D eigenvalue weighted by atomic mass is 16.3. The molecule has 0 radical (unpaired) electrons. The standard InChI is InChI=1S/C10H18N2O/c1-3-5-10(13)9-6-7-11-12(9)8-4-2/h6-7,10,13H,3-5,8H2,1-2H3. The third-order valence-electron chi connectivity index (χ3n) is 2.09. The molecule has 13 heavy (non-hydrogen) atoms. The molecule has 1 atom stereocenters. The zero-order valence-corrected chi connectivity index (χ0v) is 8.40. The van der Waals surface area contributed by atoms with Crippen molar-refractivity contribution < 1.29 is 5.11 Å². The fourth-order valence-electron chi connectivity index (χ4n) is 1.45. The quantitative estimate of drug-likeness (QED) is 0.757. The molecule has 1 heterocycles. The maximum Gasteiger partial charge on any atom is 0.0956 e. The maximum atomic E-state index is 9.76. The van der Waals surface area contributed by atoms with E-state index in [-0.39, 0.29) is 6.10 Å². The second-order valence-corrected chi connectivity index (χ2v) is 3.28. The highest BCUT2D eigenvalue weighted by Crippen LogP contribution is 2.17. The van der Waals surface area contributed by atoms with Crippen molar-refractivity contribution in [1.29, 1.82) is 0 Å². The predicted molar refractivity (Wildman–Crippen MR) is 52.4 cm³/mol. The van der Waals surface area contributed by atoms with Crippen molar-refractivity contribution >= 4 is 0 Å². The van der Waals surface area contributed by atoms with Gasteiger partial charge in [0.2, 0.25) is 0 Å². The van der Waals surface area contributed by atoms with Gasteiger partial charge < -0.3 is 5.11 Å². The van der Waals surface area contributed by atoms with Gasteiger partial charge in [-0.05, 0) is 18.9 Å². The molecule has 0 amide bonds. The second kappa shape index (κ2) is 5.02. The number of hydrogen-bond acceptors (Lipinski definition) is 2. The van der Waals surface area contributed by atoms with E-state index in [0.29, 0.717) is 0 Å². The summed E-state index contributed by atoms with van der Waals surface area (Å²) in [6.45, 7) is 5.07. The van der Waals surface area contributed by atoms with Gasteiger partial charge in [-0.2, -0.15) is 5.10 Å². The van der Waals surface area contributed by atoms with Gasteiger partial charge in [0, 0.05) is 12.7 Å². The lowest BCUT2D eigenvalue weighted by Crippen LogP contribution is -2.08. The molecule has 1 N–H and O–H groups in total. The topological polar surface area (TPSA) is 38.1 Å². The Bertz CT molecular complexity index is 245. The summed E-state index contributed by atoms with van der Waals surface area (Å²) in [5.41, 5.74) is 0.948. The zero-order valence-electron chi connectivity index (χ0n) is 8.40. The van der Waals surface area contributed by atoms with Crippen LogP contribution in [-0.4, -0.2) is 14.9 Å². The first-order valence-electron chi connectivity index (χ1n) is 4.99. The van der Waals surface area contributed by atoms with Crippen LogP contribution >= 0.6 is 0 Å². The molecule has 1 rings (SSSR count). The Hall–Kier alpha value is -0.830. The third kappa shape index (κ3) is 2.56. The first-order valence-corrected chi connectivity index (χ1v) is 4.99. The average molecular weight is 182 g/mol. The number of aromatic nitrogens is 2. The molecule has 0 fully saturated rings. The van der Waals surface area contributed by atoms with Crippen LogP contribution in [0.2, 0.25) is 0 Å². The van der Waals surface area contributed by atoms with Crippen LogP contribution in [0.25, 0.3) is 0 Å². The predicted octanol–water partition coefficient (Wildman–Crippen LogP) is 2.13. The molecule has 1 aromatic heterocycles. The molecule has 0 bridgehead atoms. The van der Waals surface area contributed by atoms with E-state index in [4.69, 9.17) is 0 Å². The van der Waals surface area contributed by atoms with Crippen LogP contribution < -0.4 is 0 Å². The SMILES string of the molecule is CCCC(O)c1ccnn1CCC. The molecule has 0 aliphatic rings. The molecule has 0 spiro atoms. The van der Waals surface area contributed by atoms with Crippen LogP contribution in [0.15, 0.2) is 12.3 Å². The van der Waals surface area contributed by atoms with Crippen LogP contribution in [0.1, 0.15) is 44.9 Å². The molecular formula is C10H18N2O. The van der Waals surface area contributed by atoms with Crippen molar-refractivity contribution in [2.45, 2.75) is 45.8 Å². The van der Waals surface area contributed by atoms with Gasteiger partial charge in [0.1, 0.15) is 0 Å². The summed E-state index contributed by atoms with van der Waals surface area (Å²) in [6, 6.07) is 1.90. The molecular weight excluding hydrogens is 164 g/mol. The Balaban J connectivity index is 2.68. The summed E-state index contributed by atoms with van der Waals surface area (Å²) < 4.78 is 1.89. The van der Waals surface area contributed by atoms with E-state index in [9.17, 15) is 5.11 Å². The maximum absolute atomic E-state index is 9.76. The first-order chi connectivity index (χ1) is 6.29. The number of aliphatic hydroxyl groups excluding tert-OH is 1. The van der Waals surface area contributed by atoms with Crippen molar-refractivity contribution in [3.8, 4) is 0 Å². The fourth-order valence-corrected chi connectivity index (χ4v) is 1.45. The molecule has 0 saturated carbocycles. The highest BCUT2D eigenvalue weighted by molar-refractivity contribution is 5.04. The zero-order chi connectivity index (χ0) is 9.68. The molecule has 0 aliphatic heterocycles. The van der Waals surface area contributed by atoms with Crippen LogP contribution in [0.4, 0.5) is 0 Å². The van der Waals surface area contributed by atoms with Gasteiger partial charge in [0.25, 0.3) is 0 Å². The van der Waals surface area contributed by atoms with Gasteiger partial charge in [-0.3, -0.25) is 4.68 Å². The smallest absolute Gasteiger partial charge is 0.0956 e. The second-order valence-electron chi connectivity index (χ2n) is 3.28. The largest absolute Gasteiger partial charge is 0.387 e. The Kier molecular flexibility index (Phi) is 3.96. The Labute approximate surface area is 79.4 Å². The van der Waals surface area contributed by atoms with Gasteiger partial charge in [0.15, 0.2) is 0 Å². The fraction of sp³-hybridized carbons (Fsp3) is 0.700. The minimum absolute atomic E-state index is 0.348. The lowest BCUT2D eigenvalue weighted by Gasteiger charge is -2.11. The van der Waals surface area contributed by atoms with Gasteiger partial charge in [-0.15, -0.1) is 0 Å². The highest BCUT2D eigenvalue weighted by Gasteiger charge is 2.10. The van der Waals surface area contributed by atoms with E-state index >= 15 is 0 Å². The molecule has 1 aromatic rings. The van der Waals surface area contributed by atoms with Crippen molar-refractivity contribution in [1.82, 2.24) is 9.78 Å². The summed E-state index contributed by atoms with van der Waals surface area (Å²) in [5, 5.41) is 13.9. The molecule has 0 aromatic carbocycles. The van der Waals surface area contributed by atoms with Gasteiger partial charge in [0.05, 0.1) is 11.8 Å². The monoisotopic (exact) mass is 182 g/mol. The lowest BCUT2D eigenvalue weighted by molar-refractivity contribution is 0.155. The van der Waals surface area contributed by atoms with Crippen LogP contribution in [0.3, 0.4) is 0 Å². The number of nitrogens with zero attached hydrogens (tertiary/aromatic N) is 2. The number of aryl methyl sites for hydroxylation is 1. The van der Waals surface area contributed by atoms with E-state index in [2.05, 4.69) is 18.9 Å². The van der Waals surface area contributed by atoms with Gasteiger partial charge >= 0.3 is 0 Å². The Morgan fingerprint density at radius 3 is 2.85 bits per heavy atom. The molecule has 0 aliphatic carbocycles. The van der Waals surface area contributed by atoms with E-state index < -0.39 is 0 Å². The minimum Gasteiger partial charge on any atom is -0.387 e. The number of aliphatic hydroxyl groups is 1. The molecule has 1 unspecified atom stereocenters. The summed E-state index contributed by atoms with van der Waals surface area (Å²) in [5.74, 6) is 0. The molecule has 3 nitrogen and oxygen atoms in total. The van der Waals surface area contributed by atoms with Crippen LogP contribution in [0.5, 0.6) is 0 Å². The van der Waals surface area contributed by atoms with Crippen LogP contribution in [-0.2, 0) is 6.54 Å². The Morgan fingerprint density at radius 1 is 1.46 bits per heavy atom. The van der Waals surface area contributed by atoms with E-state index in [1.165, 1.54) is 0 Å². The molecule has 0 saturated heterocycles. The van der Waals surface area contributed by atoms with Crippen molar-refractivity contribution in [3.63, 3.8) is 0 Å². The van der Waals surface area contributed by atoms with Crippen molar-refractivity contribution in [3.05, 3.63) is 18.0 Å². The van der Waals surface area contributed by atoms with Gasteiger partial charge in [-0.1, -0.05) is 20.3 Å². The van der Waals surface area contributed by atoms with Crippen molar-refractivity contribution in [2.75, 3.05) is 0 Å². The van der Waals surface area contributed by atoms with Crippen molar-refractivity contribution in [2.24, 2.45) is 0 Å². The van der Waals surface area contributed by atoms with E-state index in [1.54, 1.807) is 6.20 Å². The summed E-state index contributed by atoms with van der Waals surface area (Å²) >= 11 is 0. The minimum atomic E-state index is -0.348. The number of hydrogen-bond donors (Lipinski definition) is 1. The number of rotatable bonds is 5. The first kappa shape index (κ1) is 10.3.